The number of nitrogens with one attached hydrogen (secondary N) is 1. The van der Waals surface area contributed by atoms with E-state index in [2.05, 4.69) is 5.32 Å². The first kappa shape index (κ1) is 20.5. The van der Waals surface area contributed by atoms with Crippen LogP contribution < -0.4 is 5.32 Å². The molecule has 2 fully saturated rings. The SMILES string of the molecule is CCOC(=O)c1c(C2CC2)csc1NC(=O)COC(=O)C1CC1c1ccc(F)cc1. The van der Waals surface area contributed by atoms with E-state index in [0.717, 1.165) is 24.0 Å². The normalized spacial score (nSPS) is 19.8. The lowest BCUT2D eigenvalue weighted by atomic mass is 10.1. The quantitative estimate of drug-likeness (QED) is 0.633. The van der Waals surface area contributed by atoms with Crippen molar-refractivity contribution in [2.75, 3.05) is 18.5 Å². The Morgan fingerprint density at radius 3 is 2.57 bits per heavy atom. The maximum absolute atomic E-state index is 13.0. The van der Waals surface area contributed by atoms with Crippen LogP contribution in [-0.2, 0) is 19.1 Å². The highest BCUT2D eigenvalue weighted by molar-refractivity contribution is 7.15. The molecule has 0 bridgehead atoms. The summed E-state index contributed by atoms with van der Waals surface area (Å²) in [7, 11) is 0. The smallest absolute Gasteiger partial charge is 0.341 e. The van der Waals surface area contributed by atoms with Crippen LogP contribution in [0.5, 0.6) is 0 Å². The van der Waals surface area contributed by atoms with E-state index < -0.39 is 24.5 Å². The number of benzene rings is 1. The fraction of sp³-hybridized carbons (Fsp3) is 0.409. The number of carbonyl (C=O) groups excluding carboxylic acids is 3. The van der Waals surface area contributed by atoms with Crippen molar-refractivity contribution in [1.82, 2.24) is 0 Å². The van der Waals surface area contributed by atoms with Crippen molar-refractivity contribution in [1.29, 1.82) is 0 Å². The lowest BCUT2D eigenvalue weighted by molar-refractivity contribution is -0.148. The zero-order valence-electron chi connectivity index (χ0n) is 16.5. The number of halogens is 1. The van der Waals surface area contributed by atoms with Gasteiger partial charge in [-0.25, -0.2) is 9.18 Å². The Morgan fingerprint density at radius 2 is 1.90 bits per heavy atom. The van der Waals surface area contributed by atoms with Crippen molar-refractivity contribution in [3.05, 3.63) is 52.2 Å². The third kappa shape index (κ3) is 4.53. The molecule has 30 heavy (non-hydrogen) atoms. The minimum atomic E-state index is -0.503. The van der Waals surface area contributed by atoms with E-state index in [-0.39, 0.29) is 24.3 Å². The number of thiophene rings is 1. The van der Waals surface area contributed by atoms with Gasteiger partial charge in [-0.05, 0) is 66.7 Å². The predicted molar refractivity (Wildman–Crippen MR) is 109 cm³/mol. The van der Waals surface area contributed by atoms with Crippen molar-refractivity contribution >= 4 is 34.2 Å². The van der Waals surface area contributed by atoms with E-state index in [9.17, 15) is 18.8 Å². The van der Waals surface area contributed by atoms with Gasteiger partial charge >= 0.3 is 11.9 Å². The summed E-state index contributed by atoms with van der Waals surface area (Å²) in [5.41, 5.74) is 2.20. The molecule has 2 unspecified atom stereocenters. The van der Waals surface area contributed by atoms with E-state index in [0.29, 0.717) is 22.9 Å². The summed E-state index contributed by atoms with van der Waals surface area (Å²) in [5.74, 6) is -1.71. The first-order chi connectivity index (χ1) is 14.5. The molecule has 8 heteroatoms. The predicted octanol–water partition coefficient (Wildman–Crippen LogP) is 4.23. The summed E-state index contributed by atoms with van der Waals surface area (Å²) < 4.78 is 23.3. The summed E-state index contributed by atoms with van der Waals surface area (Å²) in [6, 6.07) is 6.04. The summed E-state index contributed by atoms with van der Waals surface area (Å²) in [5, 5.41) is 4.98. The molecule has 158 valence electrons. The molecule has 1 heterocycles. The van der Waals surface area contributed by atoms with Crippen LogP contribution in [-0.4, -0.2) is 31.1 Å². The van der Waals surface area contributed by atoms with E-state index in [4.69, 9.17) is 9.47 Å². The first-order valence-corrected chi connectivity index (χ1v) is 10.9. The summed E-state index contributed by atoms with van der Waals surface area (Å²) in [6.45, 7) is 1.56. The van der Waals surface area contributed by atoms with Crippen LogP contribution in [0.15, 0.2) is 29.6 Å². The molecule has 1 N–H and O–H groups in total. The monoisotopic (exact) mass is 431 g/mol. The van der Waals surface area contributed by atoms with Gasteiger partial charge in [0.25, 0.3) is 5.91 Å². The molecule has 1 aromatic heterocycles. The Labute approximate surface area is 177 Å². The fourth-order valence-corrected chi connectivity index (χ4v) is 4.56. The highest BCUT2D eigenvalue weighted by Gasteiger charge is 2.45. The standard InChI is InChI=1S/C22H22FNO5S/c1-2-28-22(27)19-17(13-3-4-13)11-30-20(19)24-18(25)10-29-21(26)16-9-15(16)12-5-7-14(23)8-6-12/h5-8,11,13,15-16H,2-4,9-10H2,1H3,(H,24,25). The minimum Gasteiger partial charge on any atom is -0.462 e. The molecular formula is C22H22FNO5S. The Kier molecular flexibility index (Phi) is 5.85. The van der Waals surface area contributed by atoms with Crippen LogP contribution in [0, 0.1) is 11.7 Å². The Hall–Kier alpha value is -2.74. The molecule has 0 saturated heterocycles. The van der Waals surface area contributed by atoms with E-state index in [1.165, 1.54) is 23.5 Å². The van der Waals surface area contributed by atoms with Gasteiger partial charge in [-0.15, -0.1) is 11.3 Å². The maximum Gasteiger partial charge on any atom is 0.341 e. The molecule has 1 amide bonds. The highest BCUT2D eigenvalue weighted by atomic mass is 32.1. The van der Waals surface area contributed by atoms with E-state index in [1.807, 2.05) is 5.38 Å². The third-order valence-electron chi connectivity index (χ3n) is 5.31. The second-order valence-corrected chi connectivity index (χ2v) is 8.43. The van der Waals surface area contributed by atoms with Crippen LogP contribution >= 0.6 is 11.3 Å². The van der Waals surface area contributed by atoms with Gasteiger partial charge in [-0.3, -0.25) is 9.59 Å². The maximum atomic E-state index is 13.0. The average Bonchev–Trinajstić information content (AvgIpc) is 3.65. The van der Waals surface area contributed by atoms with Crippen molar-refractivity contribution in [2.45, 2.75) is 38.0 Å². The molecular weight excluding hydrogens is 409 g/mol. The summed E-state index contributed by atoms with van der Waals surface area (Å²) in [4.78, 5) is 36.9. The molecule has 0 aliphatic heterocycles. The van der Waals surface area contributed by atoms with Gasteiger partial charge in [0, 0.05) is 0 Å². The van der Waals surface area contributed by atoms with Crippen LogP contribution in [0.25, 0.3) is 0 Å². The largest absolute Gasteiger partial charge is 0.462 e. The number of hydrogen-bond donors (Lipinski definition) is 1. The van der Waals surface area contributed by atoms with Gasteiger partial charge in [-0.1, -0.05) is 12.1 Å². The zero-order valence-corrected chi connectivity index (χ0v) is 17.3. The summed E-state index contributed by atoms with van der Waals surface area (Å²) in [6.07, 6.45) is 2.66. The Bertz CT molecular complexity index is 966. The summed E-state index contributed by atoms with van der Waals surface area (Å²) >= 11 is 1.27. The number of carbonyl (C=O) groups is 3. The number of rotatable bonds is 8. The second kappa shape index (κ2) is 8.55. The van der Waals surface area contributed by atoms with Crippen molar-refractivity contribution in [2.24, 2.45) is 5.92 Å². The lowest BCUT2D eigenvalue weighted by Gasteiger charge is -2.09. The van der Waals surface area contributed by atoms with Crippen LogP contribution in [0.2, 0.25) is 0 Å². The number of amides is 1. The molecule has 4 rings (SSSR count). The van der Waals surface area contributed by atoms with Gasteiger partial charge in [0.05, 0.1) is 18.1 Å². The molecule has 2 aliphatic rings. The molecule has 2 aromatic rings. The molecule has 1 aromatic carbocycles. The molecule has 6 nitrogen and oxygen atoms in total. The average molecular weight is 431 g/mol. The second-order valence-electron chi connectivity index (χ2n) is 7.55. The molecule has 2 saturated carbocycles. The van der Waals surface area contributed by atoms with Crippen LogP contribution in [0.4, 0.5) is 9.39 Å². The third-order valence-corrected chi connectivity index (χ3v) is 6.22. The van der Waals surface area contributed by atoms with Crippen molar-refractivity contribution < 1.29 is 28.2 Å². The number of anilines is 1. The van der Waals surface area contributed by atoms with Gasteiger partial charge in [0.2, 0.25) is 0 Å². The molecule has 0 radical (unpaired) electrons. The van der Waals surface area contributed by atoms with Gasteiger partial charge in [0.1, 0.15) is 10.8 Å². The van der Waals surface area contributed by atoms with Crippen molar-refractivity contribution in [3.8, 4) is 0 Å². The Morgan fingerprint density at radius 1 is 1.17 bits per heavy atom. The van der Waals surface area contributed by atoms with Crippen molar-refractivity contribution in [3.63, 3.8) is 0 Å². The first-order valence-electron chi connectivity index (χ1n) is 9.98. The molecule has 2 aliphatic carbocycles. The zero-order chi connectivity index (χ0) is 21.3. The molecule has 0 spiro atoms. The number of ether oxygens (including phenoxy) is 2. The van der Waals surface area contributed by atoms with Gasteiger partial charge in [0.15, 0.2) is 6.61 Å². The Balaban J connectivity index is 1.32. The van der Waals surface area contributed by atoms with E-state index in [1.54, 1.807) is 19.1 Å². The van der Waals surface area contributed by atoms with Crippen LogP contribution in [0.1, 0.15) is 59.5 Å². The highest BCUT2D eigenvalue weighted by Crippen LogP contribution is 2.48. The number of hydrogen-bond acceptors (Lipinski definition) is 6. The van der Waals surface area contributed by atoms with Gasteiger partial charge < -0.3 is 14.8 Å². The van der Waals surface area contributed by atoms with Gasteiger partial charge in [-0.2, -0.15) is 0 Å². The topological polar surface area (TPSA) is 81.7 Å². The molecule has 2 atom stereocenters. The van der Waals surface area contributed by atoms with E-state index >= 15 is 0 Å². The fourth-order valence-electron chi connectivity index (χ4n) is 3.51. The number of esters is 2. The minimum absolute atomic E-state index is 0.00465. The lowest BCUT2D eigenvalue weighted by Crippen LogP contribution is -2.22. The van der Waals surface area contributed by atoms with Crippen LogP contribution in [0.3, 0.4) is 0 Å².